The van der Waals surface area contributed by atoms with Gasteiger partial charge in [-0.2, -0.15) is 0 Å². The van der Waals surface area contributed by atoms with Crippen molar-refractivity contribution in [3.8, 4) is 0 Å². The molecule has 0 N–H and O–H groups in total. The molecule has 1 aromatic heterocycles. The Labute approximate surface area is 167 Å². The maximum absolute atomic E-state index is 12.4. The zero-order valence-electron chi connectivity index (χ0n) is 15.6. The van der Waals surface area contributed by atoms with Gasteiger partial charge in [-0.3, -0.25) is 9.10 Å². The van der Waals surface area contributed by atoms with E-state index in [-0.39, 0.29) is 12.4 Å². The van der Waals surface area contributed by atoms with Gasteiger partial charge >= 0.3 is 5.97 Å². The minimum absolute atomic E-state index is 0.339. The lowest BCUT2D eigenvalue weighted by molar-refractivity contribution is 0.0479. The molecule has 0 bridgehead atoms. The Hall–Kier alpha value is -2.71. The summed E-state index contributed by atoms with van der Waals surface area (Å²) in [6, 6.07) is 13.8. The van der Waals surface area contributed by atoms with Crippen LogP contribution in [-0.2, 0) is 14.8 Å². The van der Waals surface area contributed by atoms with Gasteiger partial charge in [-0.05, 0) is 48.2 Å². The van der Waals surface area contributed by atoms with Crippen LogP contribution in [0.25, 0.3) is 10.1 Å². The fraction of sp³-hybridized carbons (Fsp3) is 0.200. The Bertz CT molecular complexity index is 1150. The second-order valence-corrected chi connectivity index (χ2v) is 9.39. The van der Waals surface area contributed by atoms with Crippen LogP contribution in [0.5, 0.6) is 0 Å². The highest BCUT2D eigenvalue weighted by Crippen LogP contribution is 2.31. The predicted octanol–water partition coefficient (Wildman–Crippen LogP) is 3.65. The summed E-state index contributed by atoms with van der Waals surface area (Å²) < 4.78 is 30.4. The monoisotopic (exact) mass is 417 g/mol. The summed E-state index contributed by atoms with van der Waals surface area (Å²) in [5.41, 5.74) is 1.62. The van der Waals surface area contributed by atoms with Gasteiger partial charge in [0.25, 0.3) is 0 Å². The minimum Gasteiger partial charge on any atom is -0.453 e. The van der Waals surface area contributed by atoms with Crippen molar-refractivity contribution in [3.05, 3.63) is 64.5 Å². The van der Waals surface area contributed by atoms with Gasteiger partial charge in [0.15, 0.2) is 12.4 Å². The van der Waals surface area contributed by atoms with Crippen LogP contribution in [0.3, 0.4) is 0 Å². The summed E-state index contributed by atoms with van der Waals surface area (Å²) in [6.07, 6.45) is 1.10. The molecule has 0 spiro atoms. The summed E-state index contributed by atoms with van der Waals surface area (Å²) >= 11 is 1.34. The molecule has 0 aliphatic carbocycles. The number of fused-ring (bicyclic) bond motifs is 1. The highest BCUT2D eigenvalue weighted by molar-refractivity contribution is 7.92. The number of esters is 1. The van der Waals surface area contributed by atoms with Gasteiger partial charge in [-0.15, -0.1) is 11.3 Å². The summed E-state index contributed by atoms with van der Waals surface area (Å²) in [7, 11) is -1.94. The van der Waals surface area contributed by atoms with E-state index in [1.54, 1.807) is 0 Å². The first-order valence-corrected chi connectivity index (χ1v) is 11.1. The van der Waals surface area contributed by atoms with E-state index in [1.165, 1.54) is 42.6 Å². The molecule has 0 saturated carbocycles. The molecule has 2 aromatic carbocycles. The second kappa shape index (κ2) is 7.73. The number of aryl methyl sites for hydroxylation is 1. The Kier molecular flexibility index (Phi) is 5.53. The molecule has 28 heavy (non-hydrogen) atoms. The maximum Gasteiger partial charge on any atom is 0.349 e. The van der Waals surface area contributed by atoms with Crippen molar-refractivity contribution in [2.24, 2.45) is 0 Å². The smallest absolute Gasteiger partial charge is 0.349 e. The summed E-state index contributed by atoms with van der Waals surface area (Å²) in [5, 5.41) is 0.997. The molecule has 0 aliphatic heterocycles. The first-order valence-electron chi connectivity index (χ1n) is 8.41. The highest BCUT2D eigenvalue weighted by Gasteiger charge is 2.18. The Balaban J connectivity index is 1.68. The summed E-state index contributed by atoms with van der Waals surface area (Å²) in [5.74, 6) is -0.888. The average molecular weight is 418 g/mol. The van der Waals surface area contributed by atoms with Crippen molar-refractivity contribution in [1.29, 1.82) is 0 Å². The molecule has 0 unspecified atom stereocenters. The average Bonchev–Trinajstić information content (AvgIpc) is 3.01. The van der Waals surface area contributed by atoms with E-state index < -0.39 is 16.0 Å². The van der Waals surface area contributed by atoms with E-state index in [2.05, 4.69) is 0 Å². The van der Waals surface area contributed by atoms with Crippen LogP contribution in [0, 0.1) is 6.92 Å². The third-order valence-electron chi connectivity index (χ3n) is 4.41. The largest absolute Gasteiger partial charge is 0.453 e. The van der Waals surface area contributed by atoms with Crippen molar-refractivity contribution in [2.75, 3.05) is 24.2 Å². The third kappa shape index (κ3) is 4.07. The minimum atomic E-state index is -3.38. The van der Waals surface area contributed by atoms with E-state index in [4.69, 9.17) is 4.74 Å². The topological polar surface area (TPSA) is 80.8 Å². The van der Waals surface area contributed by atoms with Gasteiger partial charge in [-0.1, -0.05) is 18.2 Å². The fourth-order valence-electron chi connectivity index (χ4n) is 2.70. The quantitative estimate of drug-likeness (QED) is 0.452. The standard InChI is InChI=1S/C20H19NO5S2/c1-13-16-6-4-5-7-18(16)27-19(13)20(23)26-12-17(22)14-8-10-15(11-9-14)21(2)28(3,24)25/h4-11H,12H2,1-3H3. The van der Waals surface area contributed by atoms with Crippen molar-refractivity contribution >= 4 is 48.9 Å². The second-order valence-electron chi connectivity index (χ2n) is 6.33. The van der Waals surface area contributed by atoms with Crippen molar-refractivity contribution in [3.63, 3.8) is 0 Å². The molecule has 6 nitrogen and oxygen atoms in total. The van der Waals surface area contributed by atoms with Crippen LogP contribution < -0.4 is 4.31 Å². The molecule has 0 fully saturated rings. The molecular formula is C20H19NO5S2. The number of sulfonamides is 1. The number of rotatable bonds is 6. The lowest BCUT2D eigenvalue weighted by Crippen LogP contribution is -2.24. The first-order chi connectivity index (χ1) is 13.2. The van der Waals surface area contributed by atoms with Gasteiger partial charge in [0.1, 0.15) is 4.88 Å². The van der Waals surface area contributed by atoms with Crippen LogP contribution in [0.2, 0.25) is 0 Å². The molecule has 8 heteroatoms. The van der Waals surface area contributed by atoms with Gasteiger partial charge in [0, 0.05) is 17.3 Å². The predicted molar refractivity (Wildman–Crippen MR) is 111 cm³/mol. The number of thiophene rings is 1. The molecular weight excluding hydrogens is 398 g/mol. The van der Waals surface area contributed by atoms with Crippen LogP contribution in [-0.4, -0.2) is 40.1 Å². The Morgan fingerprint density at radius 1 is 1.07 bits per heavy atom. The number of hydrogen-bond acceptors (Lipinski definition) is 6. The number of carbonyl (C=O) groups excluding carboxylic acids is 2. The van der Waals surface area contributed by atoms with Crippen molar-refractivity contribution in [2.45, 2.75) is 6.92 Å². The van der Waals surface area contributed by atoms with E-state index in [9.17, 15) is 18.0 Å². The van der Waals surface area contributed by atoms with Crippen LogP contribution in [0.15, 0.2) is 48.5 Å². The van der Waals surface area contributed by atoms with Gasteiger partial charge in [0.2, 0.25) is 10.0 Å². The normalized spacial score (nSPS) is 11.4. The molecule has 146 valence electrons. The first kappa shape index (κ1) is 20.0. The van der Waals surface area contributed by atoms with Gasteiger partial charge in [0.05, 0.1) is 11.9 Å². The summed E-state index contributed by atoms with van der Waals surface area (Å²) in [6.45, 7) is 1.47. The lowest BCUT2D eigenvalue weighted by Gasteiger charge is -2.16. The van der Waals surface area contributed by atoms with Gasteiger partial charge in [-0.25, -0.2) is 13.2 Å². The number of anilines is 1. The zero-order chi connectivity index (χ0) is 20.5. The fourth-order valence-corrected chi connectivity index (χ4v) is 4.31. The van der Waals surface area contributed by atoms with Crippen molar-refractivity contribution < 1.29 is 22.7 Å². The lowest BCUT2D eigenvalue weighted by atomic mass is 10.1. The number of ether oxygens (including phenoxy) is 1. The highest BCUT2D eigenvalue weighted by atomic mass is 32.2. The van der Waals surface area contributed by atoms with E-state index in [0.717, 1.165) is 26.2 Å². The number of nitrogens with zero attached hydrogens (tertiary/aromatic N) is 1. The molecule has 0 saturated heterocycles. The number of carbonyl (C=O) groups is 2. The summed E-state index contributed by atoms with van der Waals surface area (Å²) in [4.78, 5) is 25.2. The molecule has 3 rings (SSSR count). The molecule has 1 heterocycles. The molecule has 3 aromatic rings. The van der Waals surface area contributed by atoms with Crippen molar-refractivity contribution in [1.82, 2.24) is 0 Å². The van der Waals surface area contributed by atoms with E-state index >= 15 is 0 Å². The number of hydrogen-bond donors (Lipinski definition) is 0. The molecule has 0 amide bonds. The zero-order valence-corrected chi connectivity index (χ0v) is 17.3. The SMILES string of the molecule is Cc1c(C(=O)OCC(=O)c2ccc(N(C)S(C)(=O)=O)cc2)sc2ccccc12. The van der Waals surface area contributed by atoms with Crippen LogP contribution >= 0.6 is 11.3 Å². The third-order valence-corrected chi connectivity index (χ3v) is 6.87. The van der Waals surface area contributed by atoms with E-state index in [0.29, 0.717) is 16.1 Å². The van der Waals surface area contributed by atoms with E-state index in [1.807, 2.05) is 31.2 Å². The Morgan fingerprint density at radius 2 is 1.71 bits per heavy atom. The van der Waals surface area contributed by atoms with Crippen LogP contribution in [0.4, 0.5) is 5.69 Å². The Morgan fingerprint density at radius 3 is 2.32 bits per heavy atom. The number of ketones is 1. The number of Topliss-reactive ketones (excluding diaryl/α,β-unsaturated/α-hetero) is 1. The number of benzene rings is 2. The van der Waals surface area contributed by atoms with Gasteiger partial charge < -0.3 is 4.74 Å². The molecule has 0 radical (unpaired) electrons. The van der Waals surface area contributed by atoms with Crippen LogP contribution in [0.1, 0.15) is 25.6 Å². The maximum atomic E-state index is 12.4. The molecule has 0 atom stereocenters. The molecule has 0 aliphatic rings.